The Bertz CT molecular complexity index is 335. The van der Waals surface area contributed by atoms with E-state index in [1.807, 2.05) is 13.0 Å². The van der Waals surface area contributed by atoms with Gasteiger partial charge in [0.2, 0.25) is 0 Å². The maximum absolute atomic E-state index is 5.80. The largest absolute Gasteiger partial charge is 0.193 e. The molecule has 1 aromatic carbocycles. The number of benzene rings is 1. The van der Waals surface area contributed by atoms with E-state index in [9.17, 15) is 0 Å². The third-order valence-corrected chi connectivity index (χ3v) is 2.29. The molecule has 0 unspecified atom stereocenters. The monoisotopic (exact) mass is 261 g/mol. The highest BCUT2D eigenvalue weighted by molar-refractivity contribution is 9.10. The van der Waals surface area contributed by atoms with Gasteiger partial charge in [-0.25, -0.2) is 0 Å². The van der Waals surface area contributed by atoms with Gasteiger partial charge in [0.25, 0.3) is 0 Å². The molecule has 0 aliphatic rings. The zero-order chi connectivity index (χ0) is 9.14. The minimum absolute atomic E-state index is 0.683. The van der Waals surface area contributed by atoms with Crippen LogP contribution in [0.1, 0.15) is 5.56 Å². The van der Waals surface area contributed by atoms with Crippen LogP contribution in [-0.4, -0.2) is 5.16 Å². The van der Waals surface area contributed by atoms with Gasteiger partial charge in [0, 0.05) is 9.50 Å². The van der Waals surface area contributed by atoms with Crippen LogP contribution >= 0.6 is 39.7 Å². The number of rotatable bonds is 1. The average Bonchev–Trinajstić information content (AvgIpc) is 1.96. The first kappa shape index (κ1) is 9.87. The summed E-state index contributed by atoms with van der Waals surface area (Å²) in [5.41, 5.74) is 1.76. The summed E-state index contributed by atoms with van der Waals surface area (Å²) in [5, 5.41) is 3.00. The van der Waals surface area contributed by atoms with Crippen molar-refractivity contribution in [3.05, 3.63) is 27.2 Å². The van der Waals surface area contributed by atoms with Crippen molar-refractivity contribution in [2.45, 2.75) is 6.92 Å². The minimum atomic E-state index is 0.683. The highest BCUT2D eigenvalue weighted by Gasteiger charge is 2.03. The number of aryl methyl sites for hydroxylation is 1. The van der Waals surface area contributed by atoms with Gasteiger partial charge >= 0.3 is 0 Å². The molecule has 0 radical (unpaired) electrons. The van der Waals surface area contributed by atoms with Crippen molar-refractivity contribution in [3.63, 3.8) is 0 Å². The summed E-state index contributed by atoms with van der Waals surface area (Å²) in [7, 11) is 0. The Morgan fingerprint density at radius 1 is 1.58 bits per heavy atom. The van der Waals surface area contributed by atoms with Crippen molar-refractivity contribution in [2.75, 3.05) is 0 Å². The fourth-order valence-corrected chi connectivity index (χ4v) is 2.03. The fraction of sp³-hybridized carbons (Fsp3) is 0.125. The minimum Gasteiger partial charge on any atom is -0.193 e. The van der Waals surface area contributed by atoms with Gasteiger partial charge in [-0.1, -0.05) is 11.6 Å². The molecule has 0 fully saturated rings. The highest BCUT2D eigenvalue weighted by Crippen LogP contribution is 2.31. The van der Waals surface area contributed by atoms with Crippen LogP contribution in [0.5, 0.6) is 0 Å². The lowest BCUT2D eigenvalue weighted by Crippen LogP contribution is -1.76. The number of aliphatic imine (C=N–C) groups is 1. The Morgan fingerprint density at radius 2 is 2.25 bits per heavy atom. The van der Waals surface area contributed by atoms with Gasteiger partial charge in [0.1, 0.15) is 0 Å². The number of thiocarbonyl (C=S) groups is 1. The lowest BCUT2D eigenvalue weighted by atomic mass is 10.2. The predicted octanol–water partition coefficient (Wildman–Crippen LogP) is 4.15. The number of halogens is 2. The van der Waals surface area contributed by atoms with Gasteiger partial charge in [0.05, 0.1) is 10.8 Å². The molecule has 0 amide bonds. The molecule has 62 valence electrons. The number of hydrogen-bond donors (Lipinski definition) is 0. The third kappa shape index (κ3) is 2.14. The zero-order valence-electron chi connectivity index (χ0n) is 6.27. The van der Waals surface area contributed by atoms with Crippen LogP contribution in [0.4, 0.5) is 5.69 Å². The summed E-state index contributed by atoms with van der Waals surface area (Å²) in [6, 6.07) is 3.61. The van der Waals surface area contributed by atoms with E-state index < -0.39 is 0 Å². The van der Waals surface area contributed by atoms with E-state index in [4.69, 9.17) is 11.6 Å². The van der Waals surface area contributed by atoms with Crippen molar-refractivity contribution >= 4 is 50.6 Å². The molecule has 12 heavy (non-hydrogen) atoms. The van der Waals surface area contributed by atoms with Crippen molar-refractivity contribution < 1.29 is 0 Å². The Labute approximate surface area is 89.6 Å². The Balaban J connectivity index is 3.37. The van der Waals surface area contributed by atoms with E-state index in [0.717, 1.165) is 15.7 Å². The standard InChI is InChI=1S/C8H5BrClNS/c1-5-2-6(10)3-7(9)8(5)11-4-12/h2-3H,1H3. The van der Waals surface area contributed by atoms with Crippen LogP contribution in [0, 0.1) is 6.92 Å². The van der Waals surface area contributed by atoms with Gasteiger partial charge in [-0.15, -0.1) is 0 Å². The van der Waals surface area contributed by atoms with Crippen LogP contribution < -0.4 is 0 Å². The smallest absolute Gasteiger partial charge is 0.0911 e. The van der Waals surface area contributed by atoms with Gasteiger partial charge in [0.15, 0.2) is 0 Å². The van der Waals surface area contributed by atoms with E-state index in [0.29, 0.717) is 5.02 Å². The lowest BCUT2D eigenvalue weighted by Gasteiger charge is -2.01. The molecule has 0 aromatic heterocycles. The van der Waals surface area contributed by atoms with E-state index in [1.54, 1.807) is 6.07 Å². The number of nitrogens with zero attached hydrogens (tertiary/aromatic N) is 1. The summed E-state index contributed by atoms with van der Waals surface area (Å²) in [4.78, 5) is 3.91. The fourth-order valence-electron chi connectivity index (χ4n) is 0.882. The third-order valence-electron chi connectivity index (χ3n) is 1.38. The molecule has 0 aliphatic carbocycles. The highest BCUT2D eigenvalue weighted by atomic mass is 79.9. The van der Waals surface area contributed by atoms with Crippen molar-refractivity contribution in [1.82, 2.24) is 0 Å². The molecular weight excluding hydrogens is 258 g/mol. The maximum Gasteiger partial charge on any atom is 0.0911 e. The molecule has 0 spiro atoms. The second-order valence-electron chi connectivity index (χ2n) is 2.26. The predicted molar refractivity (Wildman–Crippen MR) is 58.6 cm³/mol. The zero-order valence-corrected chi connectivity index (χ0v) is 9.42. The quantitative estimate of drug-likeness (QED) is 0.547. The molecule has 0 atom stereocenters. The molecule has 0 saturated carbocycles. The summed E-state index contributed by atoms with van der Waals surface area (Å²) >= 11 is 13.7. The summed E-state index contributed by atoms with van der Waals surface area (Å²) in [6.45, 7) is 1.92. The number of hydrogen-bond acceptors (Lipinski definition) is 2. The van der Waals surface area contributed by atoms with E-state index >= 15 is 0 Å². The van der Waals surface area contributed by atoms with E-state index in [-0.39, 0.29) is 0 Å². The summed E-state index contributed by atoms with van der Waals surface area (Å²) in [5.74, 6) is 0. The van der Waals surface area contributed by atoms with E-state index in [1.165, 1.54) is 0 Å². The second-order valence-corrected chi connectivity index (χ2v) is 3.73. The SMILES string of the molecule is Cc1cc(Cl)cc(Br)c1N=C=S. The van der Waals surface area contributed by atoms with Gasteiger partial charge in [-0.2, -0.15) is 4.99 Å². The first-order chi connectivity index (χ1) is 5.65. The summed E-state index contributed by atoms with van der Waals surface area (Å²) in [6.07, 6.45) is 0. The van der Waals surface area contributed by atoms with Crippen molar-refractivity contribution in [3.8, 4) is 0 Å². The Kier molecular flexibility index (Phi) is 3.41. The normalized spacial score (nSPS) is 9.25. The Hall–Kier alpha value is -0.210. The van der Waals surface area contributed by atoms with Gasteiger partial charge < -0.3 is 0 Å². The van der Waals surface area contributed by atoms with Crippen LogP contribution in [-0.2, 0) is 0 Å². The maximum atomic E-state index is 5.80. The van der Waals surface area contributed by atoms with Gasteiger partial charge in [-0.05, 0) is 52.8 Å². The van der Waals surface area contributed by atoms with Crippen molar-refractivity contribution in [1.29, 1.82) is 0 Å². The average molecular weight is 263 g/mol. The molecule has 0 heterocycles. The molecule has 0 N–H and O–H groups in total. The first-order valence-corrected chi connectivity index (χ1v) is 4.76. The molecule has 0 aliphatic heterocycles. The number of isothiocyanates is 1. The van der Waals surface area contributed by atoms with Crippen LogP contribution in [0.2, 0.25) is 5.02 Å². The van der Waals surface area contributed by atoms with Crippen LogP contribution in [0.25, 0.3) is 0 Å². The molecule has 0 bridgehead atoms. The molecule has 4 heteroatoms. The molecule has 1 rings (SSSR count). The lowest BCUT2D eigenvalue weighted by molar-refractivity contribution is 1.39. The molecule has 1 nitrogen and oxygen atoms in total. The van der Waals surface area contributed by atoms with Gasteiger partial charge in [-0.3, -0.25) is 0 Å². The molecular formula is C8H5BrClNS. The Morgan fingerprint density at radius 3 is 2.75 bits per heavy atom. The van der Waals surface area contributed by atoms with E-state index in [2.05, 4.69) is 38.3 Å². The van der Waals surface area contributed by atoms with Crippen molar-refractivity contribution in [2.24, 2.45) is 4.99 Å². The summed E-state index contributed by atoms with van der Waals surface area (Å²) < 4.78 is 0.838. The van der Waals surface area contributed by atoms with Crippen LogP contribution in [0.15, 0.2) is 21.6 Å². The molecule has 0 saturated heterocycles. The first-order valence-electron chi connectivity index (χ1n) is 3.18. The van der Waals surface area contributed by atoms with Crippen LogP contribution in [0.3, 0.4) is 0 Å². The molecule has 1 aromatic rings. The topological polar surface area (TPSA) is 12.4 Å². The second kappa shape index (κ2) is 4.15.